The maximum atomic E-state index is 12.0. The van der Waals surface area contributed by atoms with Crippen LogP contribution in [-0.2, 0) is 30.9 Å². The summed E-state index contributed by atoms with van der Waals surface area (Å²) in [5, 5.41) is 0. The van der Waals surface area contributed by atoms with Crippen LogP contribution in [0.1, 0.15) is 38.2 Å². The van der Waals surface area contributed by atoms with Gasteiger partial charge in [0.2, 0.25) is 11.8 Å². The predicted molar refractivity (Wildman–Crippen MR) is 119 cm³/mol. The van der Waals surface area contributed by atoms with E-state index < -0.39 is 9.84 Å². The summed E-state index contributed by atoms with van der Waals surface area (Å²) in [4.78, 5) is 30.8. The number of anilines is 1. The molecular weight excluding hydrogens is 418 g/mol. The first-order valence-electron chi connectivity index (χ1n) is 10.0. The van der Waals surface area contributed by atoms with Crippen LogP contribution < -0.4 is 15.9 Å². The molecule has 0 atom stereocenters. The van der Waals surface area contributed by atoms with Crippen LogP contribution >= 0.6 is 0 Å². The van der Waals surface area contributed by atoms with E-state index in [-0.39, 0.29) is 16.7 Å². The number of rotatable bonds is 12. The lowest BCUT2D eigenvalue weighted by Crippen LogP contribution is -2.37. The largest absolute Gasteiger partial charge is 0.313 e. The number of hydrazine groups is 1. The smallest absolute Gasteiger partial charge is 0.235 e. The topological polar surface area (TPSA) is 105 Å². The van der Waals surface area contributed by atoms with Gasteiger partial charge in [-0.05, 0) is 42.7 Å². The first-order valence-corrected chi connectivity index (χ1v) is 11.9. The van der Waals surface area contributed by atoms with Crippen LogP contribution in [-0.4, -0.2) is 33.0 Å². The second kappa shape index (κ2) is 12.2. The number of hydrogen-bond donors (Lipinski definition) is 2. The van der Waals surface area contributed by atoms with E-state index in [4.69, 9.17) is 4.84 Å². The van der Waals surface area contributed by atoms with Gasteiger partial charge in [0.1, 0.15) is 0 Å². The van der Waals surface area contributed by atoms with Gasteiger partial charge in [-0.25, -0.2) is 8.42 Å². The Kier molecular flexibility index (Phi) is 9.64. The molecule has 8 nitrogen and oxygen atoms in total. The van der Waals surface area contributed by atoms with Crippen LogP contribution in [0.3, 0.4) is 0 Å². The predicted octanol–water partition coefficient (Wildman–Crippen LogP) is 2.76. The molecule has 2 aromatic rings. The Morgan fingerprint density at radius 1 is 0.968 bits per heavy atom. The van der Waals surface area contributed by atoms with E-state index in [0.717, 1.165) is 24.7 Å². The highest BCUT2D eigenvalue weighted by atomic mass is 32.2. The van der Waals surface area contributed by atoms with Gasteiger partial charge in [0.25, 0.3) is 0 Å². The third kappa shape index (κ3) is 8.87. The van der Waals surface area contributed by atoms with Gasteiger partial charge >= 0.3 is 0 Å². The average molecular weight is 448 g/mol. The lowest BCUT2D eigenvalue weighted by Gasteiger charge is -2.21. The van der Waals surface area contributed by atoms with Gasteiger partial charge < -0.3 is 4.90 Å². The van der Waals surface area contributed by atoms with Crippen LogP contribution in [0.4, 0.5) is 5.69 Å². The zero-order chi connectivity index (χ0) is 22.7. The van der Waals surface area contributed by atoms with Crippen molar-refractivity contribution >= 4 is 27.3 Å². The molecule has 0 radical (unpaired) electrons. The second-order valence-electron chi connectivity index (χ2n) is 7.17. The fourth-order valence-electron chi connectivity index (χ4n) is 2.92. The zero-order valence-electron chi connectivity index (χ0n) is 17.8. The Morgan fingerprint density at radius 2 is 1.65 bits per heavy atom. The fourth-order valence-corrected chi connectivity index (χ4v) is 3.55. The Balaban J connectivity index is 1.65. The van der Waals surface area contributed by atoms with E-state index in [0.29, 0.717) is 31.7 Å². The summed E-state index contributed by atoms with van der Waals surface area (Å²) in [6.07, 6.45) is 3.64. The first-order chi connectivity index (χ1) is 14.8. The molecule has 0 saturated heterocycles. The Hall–Kier alpha value is -2.75. The molecule has 168 valence electrons. The van der Waals surface area contributed by atoms with E-state index in [1.165, 1.54) is 19.1 Å². The number of hydrogen-bond acceptors (Lipinski definition) is 6. The van der Waals surface area contributed by atoms with Gasteiger partial charge in [-0.1, -0.05) is 36.8 Å². The highest BCUT2D eigenvalue weighted by Crippen LogP contribution is 2.19. The summed E-state index contributed by atoms with van der Waals surface area (Å²) in [6.45, 7) is 2.31. The van der Waals surface area contributed by atoms with Crippen molar-refractivity contribution in [3.8, 4) is 0 Å². The van der Waals surface area contributed by atoms with E-state index in [2.05, 4.69) is 11.0 Å². The molecule has 0 aliphatic carbocycles. The summed E-state index contributed by atoms with van der Waals surface area (Å²) in [5.41, 5.74) is 6.58. The Morgan fingerprint density at radius 3 is 2.26 bits per heavy atom. The SMILES string of the molecule is CC(=O)N(CCCCCC(=O)NNOCc1ccccc1)c1ccc(S(C)(=O)=O)cc1. The summed E-state index contributed by atoms with van der Waals surface area (Å²) in [6, 6.07) is 15.9. The zero-order valence-corrected chi connectivity index (χ0v) is 18.7. The third-order valence-electron chi connectivity index (χ3n) is 4.59. The molecule has 0 aliphatic rings. The highest BCUT2D eigenvalue weighted by molar-refractivity contribution is 7.90. The molecular formula is C22H29N3O5S. The molecule has 0 unspecified atom stereocenters. The molecule has 2 rings (SSSR count). The second-order valence-corrected chi connectivity index (χ2v) is 9.19. The summed E-state index contributed by atoms with van der Waals surface area (Å²) in [5.74, 6) is -0.294. The van der Waals surface area contributed by atoms with Crippen molar-refractivity contribution in [1.82, 2.24) is 11.0 Å². The Labute approximate surface area is 183 Å². The quantitative estimate of drug-likeness (QED) is 0.383. The van der Waals surface area contributed by atoms with E-state index in [1.807, 2.05) is 30.3 Å². The lowest BCUT2D eigenvalue weighted by molar-refractivity contribution is -0.127. The number of nitrogens with one attached hydrogen (secondary N) is 2. The molecule has 0 aromatic heterocycles. The molecule has 0 aliphatic heterocycles. The summed E-state index contributed by atoms with van der Waals surface area (Å²) < 4.78 is 23.1. The average Bonchev–Trinajstić information content (AvgIpc) is 2.74. The number of sulfone groups is 1. The first kappa shape index (κ1) is 24.5. The molecule has 0 fully saturated rings. The van der Waals surface area contributed by atoms with Gasteiger partial charge in [-0.15, -0.1) is 5.59 Å². The summed E-state index contributed by atoms with van der Waals surface area (Å²) in [7, 11) is -3.28. The minimum absolute atomic E-state index is 0.121. The molecule has 2 N–H and O–H groups in total. The minimum atomic E-state index is -3.28. The molecule has 0 bridgehead atoms. The monoisotopic (exact) mass is 447 g/mol. The normalized spacial score (nSPS) is 11.2. The van der Waals surface area contributed by atoms with Gasteiger partial charge in [-0.3, -0.25) is 19.9 Å². The van der Waals surface area contributed by atoms with E-state index >= 15 is 0 Å². The van der Waals surface area contributed by atoms with Crippen LogP contribution in [0.25, 0.3) is 0 Å². The van der Waals surface area contributed by atoms with Crippen molar-refractivity contribution in [2.24, 2.45) is 0 Å². The highest BCUT2D eigenvalue weighted by Gasteiger charge is 2.13. The van der Waals surface area contributed by atoms with Crippen molar-refractivity contribution in [3.63, 3.8) is 0 Å². The standard InChI is InChI=1S/C22H29N3O5S/c1-18(26)25(20-12-14-21(15-13-20)31(2,28)29)16-8-4-7-11-22(27)23-24-30-17-19-9-5-3-6-10-19/h3,5-6,9-10,12-15,24H,4,7-8,11,16-17H2,1-2H3,(H,23,27). The van der Waals surface area contributed by atoms with Crippen molar-refractivity contribution in [2.75, 3.05) is 17.7 Å². The number of unbranched alkanes of at least 4 members (excludes halogenated alkanes) is 2. The molecule has 31 heavy (non-hydrogen) atoms. The number of nitrogens with zero attached hydrogens (tertiary/aromatic N) is 1. The molecule has 0 spiro atoms. The number of amides is 2. The van der Waals surface area contributed by atoms with Gasteiger partial charge in [-0.2, -0.15) is 0 Å². The van der Waals surface area contributed by atoms with Crippen LogP contribution in [0.5, 0.6) is 0 Å². The number of carbonyl (C=O) groups excluding carboxylic acids is 2. The van der Waals surface area contributed by atoms with Crippen molar-refractivity contribution in [1.29, 1.82) is 0 Å². The van der Waals surface area contributed by atoms with E-state index in [1.54, 1.807) is 17.0 Å². The Bertz CT molecular complexity index is 947. The fraction of sp³-hybridized carbons (Fsp3) is 0.364. The van der Waals surface area contributed by atoms with Crippen molar-refractivity contribution in [2.45, 2.75) is 44.1 Å². The maximum Gasteiger partial charge on any atom is 0.235 e. The molecule has 0 heterocycles. The number of carbonyl (C=O) groups is 2. The van der Waals surface area contributed by atoms with Crippen LogP contribution in [0.15, 0.2) is 59.5 Å². The maximum absolute atomic E-state index is 12.0. The minimum Gasteiger partial charge on any atom is -0.313 e. The third-order valence-corrected chi connectivity index (χ3v) is 5.71. The van der Waals surface area contributed by atoms with E-state index in [9.17, 15) is 18.0 Å². The van der Waals surface area contributed by atoms with Gasteiger partial charge in [0.05, 0.1) is 11.5 Å². The van der Waals surface area contributed by atoms with Crippen molar-refractivity contribution in [3.05, 3.63) is 60.2 Å². The van der Waals surface area contributed by atoms with Crippen LogP contribution in [0.2, 0.25) is 0 Å². The summed E-state index contributed by atoms with van der Waals surface area (Å²) >= 11 is 0. The number of benzene rings is 2. The van der Waals surface area contributed by atoms with Crippen molar-refractivity contribution < 1.29 is 22.8 Å². The molecule has 2 amide bonds. The molecule has 9 heteroatoms. The van der Waals surface area contributed by atoms with Gasteiger partial charge in [0, 0.05) is 31.8 Å². The molecule has 0 saturated carbocycles. The van der Waals surface area contributed by atoms with Gasteiger partial charge in [0.15, 0.2) is 9.84 Å². The lowest BCUT2D eigenvalue weighted by atomic mass is 10.1. The van der Waals surface area contributed by atoms with Crippen LogP contribution in [0, 0.1) is 0 Å². The molecule has 2 aromatic carbocycles.